The average molecular weight is 228 g/mol. The summed E-state index contributed by atoms with van der Waals surface area (Å²) < 4.78 is 0. The van der Waals surface area contributed by atoms with Crippen LogP contribution in [0.4, 0.5) is 5.69 Å². The van der Waals surface area contributed by atoms with E-state index < -0.39 is 5.97 Å². The number of carboxylic acid groups (broad SMARTS) is 1. The van der Waals surface area contributed by atoms with Crippen molar-refractivity contribution in [1.29, 1.82) is 10.8 Å². The van der Waals surface area contributed by atoms with Gasteiger partial charge in [0.15, 0.2) is 10.8 Å². The molecule has 0 fully saturated rings. The number of benzene rings is 1. The van der Waals surface area contributed by atoms with E-state index >= 15 is 0 Å². The fraction of sp³-hybridized carbons (Fsp3) is 0.0909. The fourth-order valence-electron chi connectivity index (χ4n) is 1.21. The Morgan fingerprint density at radius 1 is 1.59 bits per heavy atom. The van der Waals surface area contributed by atoms with Crippen LogP contribution in [0, 0.1) is 16.9 Å². The van der Waals surface area contributed by atoms with E-state index in [-0.39, 0.29) is 12.0 Å². The molecule has 1 rings (SSSR count). The summed E-state index contributed by atoms with van der Waals surface area (Å²) in [6.07, 6.45) is 1.04. The van der Waals surface area contributed by atoms with Crippen molar-refractivity contribution in [2.24, 2.45) is 5.11 Å². The number of nitrogens with zero attached hydrogens (tertiary/aromatic N) is 3. The molecule has 17 heavy (non-hydrogen) atoms. The molecule has 0 spiro atoms. The van der Waals surface area contributed by atoms with Gasteiger partial charge >= 0.3 is 0 Å². The number of carbonyl (C=O) groups excluding carboxylic acids is 1. The van der Waals surface area contributed by atoms with E-state index in [1.54, 1.807) is 30.3 Å². The molecule has 0 aliphatic heterocycles. The van der Waals surface area contributed by atoms with Crippen molar-refractivity contribution in [2.45, 2.75) is 6.42 Å². The van der Waals surface area contributed by atoms with Crippen molar-refractivity contribution < 1.29 is 9.90 Å². The second-order valence-electron chi connectivity index (χ2n) is 3.05. The van der Waals surface area contributed by atoms with Crippen molar-refractivity contribution in [2.75, 3.05) is 0 Å². The smallest absolute Gasteiger partial charge is 0.220 e. The molecule has 6 heteroatoms. The maximum absolute atomic E-state index is 10.7. The molecule has 6 nitrogen and oxygen atoms in total. The third kappa shape index (κ3) is 3.38. The lowest BCUT2D eigenvalue weighted by molar-refractivity contribution is -0.299. The Hall–Kier alpha value is -2.77. The van der Waals surface area contributed by atoms with E-state index in [1.165, 1.54) is 6.08 Å². The highest BCUT2D eigenvalue weighted by molar-refractivity contribution is 5.92. The zero-order valence-corrected chi connectivity index (χ0v) is 8.75. The van der Waals surface area contributed by atoms with E-state index in [1.807, 2.05) is 0 Å². The summed E-state index contributed by atoms with van der Waals surface area (Å²) in [7, 11) is 0. The molecule has 0 aromatic heterocycles. The highest BCUT2D eigenvalue weighted by atomic mass is 16.4. The Labute approximate surface area is 97.0 Å². The molecule has 0 saturated carbocycles. The highest BCUT2D eigenvalue weighted by Gasteiger charge is 2.05. The number of hydrogen-bond acceptors (Lipinski definition) is 5. The van der Waals surface area contributed by atoms with Crippen molar-refractivity contribution in [3.8, 4) is 6.07 Å². The standard InChI is InChI=1S/C11H8N4O2/c12-6-5-9(11(16)17)7-8-3-1-2-4-10(8)14-15-13/h1-4,7,13H,5H2. The lowest BCUT2D eigenvalue weighted by atomic mass is 10.1. The summed E-state index contributed by atoms with van der Waals surface area (Å²) in [4.78, 5) is 13.6. The SMILES string of the molecule is N#CCC(=Cc1ccccc1N=[N+]=N)C(=O)[O-]. The van der Waals surface area contributed by atoms with Gasteiger partial charge < -0.3 is 9.90 Å². The molecule has 1 aromatic carbocycles. The Kier molecular flexibility index (Phi) is 4.31. The molecular weight excluding hydrogens is 220 g/mol. The van der Waals surface area contributed by atoms with Gasteiger partial charge in [0.05, 0.1) is 18.5 Å². The number of hydrogen-bond donors (Lipinski definition) is 1. The van der Waals surface area contributed by atoms with E-state index in [0.717, 1.165) is 0 Å². The van der Waals surface area contributed by atoms with Crippen LogP contribution in [0.3, 0.4) is 0 Å². The lowest BCUT2D eigenvalue weighted by Crippen LogP contribution is -2.24. The van der Waals surface area contributed by atoms with Gasteiger partial charge in [-0.3, -0.25) is 0 Å². The quantitative estimate of drug-likeness (QED) is 0.469. The van der Waals surface area contributed by atoms with Gasteiger partial charge in [-0.1, -0.05) is 18.2 Å². The number of carboxylic acids is 1. The van der Waals surface area contributed by atoms with Crippen LogP contribution in [0.5, 0.6) is 0 Å². The van der Waals surface area contributed by atoms with Crippen LogP contribution < -0.4 is 10.0 Å². The number of nitrogens with one attached hydrogen (secondary N) is 1. The first kappa shape index (κ1) is 12.3. The van der Waals surface area contributed by atoms with Crippen LogP contribution in [0.15, 0.2) is 35.0 Å². The lowest BCUT2D eigenvalue weighted by Gasteiger charge is -2.04. The highest BCUT2D eigenvalue weighted by Crippen LogP contribution is 2.21. The van der Waals surface area contributed by atoms with Crippen LogP contribution in [0.2, 0.25) is 0 Å². The van der Waals surface area contributed by atoms with Crippen LogP contribution in [-0.4, -0.2) is 5.97 Å². The molecule has 0 amide bonds. The molecule has 0 aliphatic carbocycles. The van der Waals surface area contributed by atoms with Gasteiger partial charge in [0.25, 0.3) is 0 Å². The largest absolute Gasteiger partial charge is 0.545 e. The van der Waals surface area contributed by atoms with Gasteiger partial charge in [0, 0.05) is 5.56 Å². The molecule has 0 saturated heterocycles. The van der Waals surface area contributed by atoms with E-state index in [4.69, 9.17) is 10.8 Å². The Morgan fingerprint density at radius 2 is 2.29 bits per heavy atom. The summed E-state index contributed by atoms with van der Waals surface area (Å²) in [5.74, 6) is -1.40. The van der Waals surface area contributed by atoms with Crippen LogP contribution in [0.25, 0.3) is 6.08 Å². The van der Waals surface area contributed by atoms with Gasteiger partial charge in [-0.2, -0.15) is 5.26 Å². The zero-order valence-electron chi connectivity index (χ0n) is 8.75. The molecule has 0 atom stereocenters. The minimum Gasteiger partial charge on any atom is -0.545 e. The Bertz CT molecular complexity index is 551. The predicted octanol–water partition coefficient (Wildman–Crippen LogP) is 0.915. The Morgan fingerprint density at radius 3 is 2.88 bits per heavy atom. The van der Waals surface area contributed by atoms with Crippen LogP contribution >= 0.6 is 0 Å². The number of nitriles is 1. The van der Waals surface area contributed by atoms with Crippen LogP contribution in [-0.2, 0) is 4.79 Å². The third-order valence-electron chi connectivity index (χ3n) is 1.96. The van der Waals surface area contributed by atoms with Gasteiger partial charge in [-0.15, -0.1) is 0 Å². The second-order valence-corrected chi connectivity index (χ2v) is 3.05. The normalized spacial score (nSPS) is 10.2. The maximum Gasteiger partial charge on any atom is 0.220 e. The summed E-state index contributed by atoms with van der Waals surface area (Å²) >= 11 is 0. The van der Waals surface area contributed by atoms with Crippen LogP contribution in [0.1, 0.15) is 12.0 Å². The van der Waals surface area contributed by atoms with E-state index in [0.29, 0.717) is 11.3 Å². The number of aliphatic carboxylic acids is 1. The number of carbonyl (C=O) groups is 1. The average Bonchev–Trinajstić information content (AvgIpc) is 2.31. The van der Waals surface area contributed by atoms with Gasteiger partial charge in [0.2, 0.25) is 4.91 Å². The van der Waals surface area contributed by atoms with Crippen molar-refractivity contribution >= 4 is 17.7 Å². The molecule has 0 bridgehead atoms. The molecule has 84 valence electrons. The van der Waals surface area contributed by atoms with E-state index in [2.05, 4.69) is 10.0 Å². The Balaban J connectivity index is 3.24. The first-order valence-electron chi connectivity index (χ1n) is 4.64. The molecule has 0 heterocycles. The summed E-state index contributed by atoms with van der Waals surface area (Å²) in [6, 6.07) is 8.32. The van der Waals surface area contributed by atoms with E-state index in [9.17, 15) is 9.90 Å². The number of rotatable bonds is 4. The third-order valence-corrected chi connectivity index (χ3v) is 1.96. The summed E-state index contributed by atoms with van der Waals surface area (Å²) in [5.41, 5.74) is 7.33. The topological polar surface area (TPSA) is 114 Å². The minimum absolute atomic E-state index is 0.139. The first-order chi connectivity index (χ1) is 8.19. The maximum atomic E-state index is 10.7. The van der Waals surface area contributed by atoms with Gasteiger partial charge in [-0.05, 0) is 17.7 Å². The summed E-state index contributed by atoms with van der Waals surface area (Å²) in [6.45, 7) is 0. The first-order valence-corrected chi connectivity index (χ1v) is 4.64. The van der Waals surface area contributed by atoms with Gasteiger partial charge in [-0.25, -0.2) is 0 Å². The predicted molar refractivity (Wildman–Crippen MR) is 56.6 cm³/mol. The molecular formula is C11H8N4O2. The monoisotopic (exact) mass is 228 g/mol. The molecule has 1 aromatic rings. The minimum atomic E-state index is -1.40. The zero-order chi connectivity index (χ0) is 12.7. The molecule has 0 radical (unpaired) electrons. The molecule has 1 N–H and O–H groups in total. The van der Waals surface area contributed by atoms with Crippen molar-refractivity contribution in [3.05, 3.63) is 35.4 Å². The molecule has 0 unspecified atom stereocenters. The van der Waals surface area contributed by atoms with Crippen molar-refractivity contribution in [3.63, 3.8) is 0 Å². The fourth-order valence-corrected chi connectivity index (χ4v) is 1.21. The van der Waals surface area contributed by atoms with Gasteiger partial charge in [0.1, 0.15) is 5.53 Å². The summed E-state index contributed by atoms with van der Waals surface area (Å²) in [5, 5.41) is 22.8. The molecule has 0 aliphatic rings. The second kappa shape index (κ2) is 5.95. The van der Waals surface area contributed by atoms with Crippen molar-refractivity contribution in [1.82, 2.24) is 4.91 Å².